The third-order valence-corrected chi connectivity index (χ3v) is 5.01. The molecule has 2 atom stereocenters. The summed E-state index contributed by atoms with van der Waals surface area (Å²) in [6.45, 7) is 2.53. The molecular weight excluding hydrogens is 338 g/mol. The molecule has 0 aromatic heterocycles. The lowest BCUT2D eigenvalue weighted by molar-refractivity contribution is 0.0860. The largest absolute Gasteiger partial charge is 0.497 e. The van der Waals surface area contributed by atoms with Crippen LogP contribution in [0, 0.1) is 0 Å². The summed E-state index contributed by atoms with van der Waals surface area (Å²) in [4.78, 5) is 2.02. The quantitative estimate of drug-likeness (QED) is 0.673. The monoisotopic (exact) mass is 365 g/mol. The van der Waals surface area contributed by atoms with E-state index in [1.54, 1.807) is 7.11 Å². The minimum Gasteiger partial charge on any atom is -0.497 e. The topological polar surface area (TPSA) is 41.9 Å². The van der Waals surface area contributed by atoms with E-state index in [2.05, 4.69) is 0 Å². The number of methoxy groups -OCH3 is 1. The molecule has 0 spiro atoms. The second kappa shape index (κ2) is 8.42. The van der Waals surface area contributed by atoms with Crippen molar-refractivity contribution < 1.29 is 14.6 Å². The van der Waals surface area contributed by atoms with E-state index in [0.717, 1.165) is 33.4 Å². The number of benzene rings is 3. The van der Waals surface area contributed by atoms with Gasteiger partial charge in [0.1, 0.15) is 18.1 Å². The van der Waals surface area contributed by atoms with Crippen LogP contribution < -0.4 is 9.47 Å². The highest BCUT2D eigenvalue weighted by atomic mass is 16.5. The third kappa shape index (κ3) is 4.59. The van der Waals surface area contributed by atoms with E-state index < -0.39 is 6.10 Å². The first-order valence-electron chi connectivity index (χ1n) is 9.12. The number of aliphatic hydroxyl groups is 1. The summed E-state index contributed by atoms with van der Waals surface area (Å²) < 4.78 is 11.1. The standard InChI is InChI=1S/C23H27NO3/c1-16(24(2)3)23(25)20-8-7-19-14-22(12-9-18(19)13-20)27-15-17-5-10-21(26-4)11-6-17/h5-14,16,23,25H,15H2,1-4H3. The Morgan fingerprint density at radius 3 is 2.19 bits per heavy atom. The fraction of sp³-hybridized carbons (Fsp3) is 0.304. The molecule has 0 bridgehead atoms. The molecule has 0 heterocycles. The SMILES string of the molecule is COc1ccc(COc2ccc3cc(C(O)C(C)N(C)C)ccc3c2)cc1. The van der Waals surface area contributed by atoms with Crippen LogP contribution in [-0.4, -0.2) is 37.3 Å². The molecule has 0 aliphatic heterocycles. The van der Waals surface area contributed by atoms with Crippen molar-refractivity contribution in [2.24, 2.45) is 0 Å². The first-order chi connectivity index (χ1) is 13.0. The second-order valence-corrected chi connectivity index (χ2v) is 7.05. The van der Waals surface area contributed by atoms with Crippen molar-refractivity contribution in [2.75, 3.05) is 21.2 Å². The van der Waals surface area contributed by atoms with Crippen molar-refractivity contribution in [2.45, 2.75) is 25.7 Å². The van der Waals surface area contributed by atoms with Gasteiger partial charge in [0.05, 0.1) is 13.2 Å². The summed E-state index contributed by atoms with van der Waals surface area (Å²) in [7, 11) is 5.61. The summed E-state index contributed by atoms with van der Waals surface area (Å²) >= 11 is 0. The number of nitrogens with zero attached hydrogens (tertiary/aromatic N) is 1. The van der Waals surface area contributed by atoms with E-state index in [0.29, 0.717) is 6.61 Å². The minimum atomic E-state index is -0.518. The number of fused-ring (bicyclic) bond motifs is 1. The number of likely N-dealkylation sites (N-methyl/N-ethyl adjacent to an activating group) is 1. The van der Waals surface area contributed by atoms with E-state index in [-0.39, 0.29) is 6.04 Å². The predicted octanol–water partition coefficient (Wildman–Crippen LogP) is 4.41. The van der Waals surface area contributed by atoms with Crippen molar-refractivity contribution >= 4 is 10.8 Å². The highest BCUT2D eigenvalue weighted by Gasteiger charge is 2.18. The van der Waals surface area contributed by atoms with Gasteiger partial charge in [-0.15, -0.1) is 0 Å². The molecule has 0 aliphatic rings. The first-order valence-corrected chi connectivity index (χ1v) is 9.12. The number of aliphatic hydroxyl groups excluding tert-OH is 1. The van der Waals surface area contributed by atoms with Crippen LogP contribution in [0.3, 0.4) is 0 Å². The smallest absolute Gasteiger partial charge is 0.120 e. The summed E-state index contributed by atoms with van der Waals surface area (Å²) in [6.07, 6.45) is -0.518. The maximum absolute atomic E-state index is 10.5. The first kappa shape index (κ1) is 19.2. The molecule has 27 heavy (non-hydrogen) atoms. The second-order valence-electron chi connectivity index (χ2n) is 7.05. The molecule has 3 aromatic rings. The highest BCUT2D eigenvalue weighted by Crippen LogP contribution is 2.27. The number of rotatable bonds is 7. The van der Waals surface area contributed by atoms with Gasteiger partial charge in [-0.2, -0.15) is 0 Å². The third-order valence-electron chi connectivity index (χ3n) is 5.01. The van der Waals surface area contributed by atoms with Crippen LogP contribution in [-0.2, 0) is 6.61 Å². The molecule has 0 saturated carbocycles. The number of hydrogen-bond donors (Lipinski definition) is 1. The van der Waals surface area contributed by atoms with Gasteiger partial charge in [-0.25, -0.2) is 0 Å². The average Bonchev–Trinajstić information content (AvgIpc) is 2.70. The fourth-order valence-corrected chi connectivity index (χ4v) is 2.97. The predicted molar refractivity (Wildman–Crippen MR) is 109 cm³/mol. The van der Waals surface area contributed by atoms with Gasteiger partial charge < -0.3 is 19.5 Å². The van der Waals surface area contributed by atoms with Crippen LogP contribution in [0.25, 0.3) is 10.8 Å². The molecule has 0 fully saturated rings. The summed E-state index contributed by atoms with van der Waals surface area (Å²) in [5.41, 5.74) is 2.02. The molecule has 0 aliphatic carbocycles. The fourth-order valence-electron chi connectivity index (χ4n) is 2.97. The van der Waals surface area contributed by atoms with Crippen molar-refractivity contribution in [1.29, 1.82) is 0 Å². The van der Waals surface area contributed by atoms with Crippen molar-refractivity contribution in [3.63, 3.8) is 0 Å². The normalized spacial score (nSPS) is 13.6. The summed E-state index contributed by atoms with van der Waals surface area (Å²) in [6, 6.07) is 20.0. The molecular formula is C23H27NO3. The van der Waals surface area contributed by atoms with E-state index in [1.807, 2.05) is 86.6 Å². The van der Waals surface area contributed by atoms with Crippen molar-refractivity contribution in [3.05, 3.63) is 71.8 Å². The molecule has 4 nitrogen and oxygen atoms in total. The van der Waals surface area contributed by atoms with E-state index >= 15 is 0 Å². The van der Waals surface area contributed by atoms with Gasteiger partial charge in [-0.05, 0) is 73.3 Å². The van der Waals surface area contributed by atoms with Crippen LogP contribution >= 0.6 is 0 Å². The molecule has 0 saturated heterocycles. The Morgan fingerprint density at radius 2 is 1.52 bits per heavy atom. The Hall–Kier alpha value is -2.56. The molecule has 4 heteroatoms. The van der Waals surface area contributed by atoms with Crippen LogP contribution in [0.5, 0.6) is 11.5 Å². The highest BCUT2D eigenvalue weighted by molar-refractivity contribution is 5.84. The number of ether oxygens (including phenoxy) is 2. The van der Waals surface area contributed by atoms with Gasteiger partial charge in [0.15, 0.2) is 0 Å². The molecule has 2 unspecified atom stereocenters. The molecule has 3 aromatic carbocycles. The molecule has 1 N–H and O–H groups in total. The summed E-state index contributed by atoms with van der Waals surface area (Å²) in [5, 5.41) is 12.7. The molecule has 0 amide bonds. The minimum absolute atomic E-state index is 0.0505. The van der Waals surface area contributed by atoms with Gasteiger partial charge in [0, 0.05) is 6.04 Å². The van der Waals surface area contributed by atoms with Crippen molar-refractivity contribution in [1.82, 2.24) is 4.90 Å². The zero-order valence-corrected chi connectivity index (χ0v) is 16.3. The Balaban J connectivity index is 1.72. The van der Waals surface area contributed by atoms with E-state index in [4.69, 9.17) is 9.47 Å². The zero-order valence-electron chi connectivity index (χ0n) is 16.3. The average molecular weight is 365 g/mol. The van der Waals surface area contributed by atoms with Gasteiger partial charge in [-0.1, -0.05) is 30.3 Å². The number of hydrogen-bond acceptors (Lipinski definition) is 4. The Kier molecular flexibility index (Phi) is 5.99. The van der Waals surface area contributed by atoms with Crippen LogP contribution in [0.4, 0.5) is 0 Å². The van der Waals surface area contributed by atoms with E-state index in [1.165, 1.54) is 0 Å². The van der Waals surface area contributed by atoms with Crippen LogP contribution in [0.2, 0.25) is 0 Å². The Morgan fingerprint density at radius 1 is 0.889 bits per heavy atom. The lowest BCUT2D eigenvalue weighted by atomic mass is 9.99. The lowest BCUT2D eigenvalue weighted by Gasteiger charge is -2.25. The van der Waals surface area contributed by atoms with Crippen LogP contribution in [0.1, 0.15) is 24.2 Å². The molecule has 3 rings (SSSR count). The zero-order chi connectivity index (χ0) is 19.4. The Bertz CT molecular complexity index is 890. The summed E-state index contributed by atoms with van der Waals surface area (Å²) in [5.74, 6) is 1.67. The van der Waals surface area contributed by atoms with Crippen LogP contribution in [0.15, 0.2) is 60.7 Å². The van der Waals surface area contributed by atoms with Gasteiger partial charge in [-0.3, -0.25) is 0 Å². The molecule has 142 valence electrons. The van der Waals surface area contributed by atoms with E-state index in [9.17, 15) is 5.11 Å². The molecule has 0 radical (unpaired) electrons. The lowest BCUT2D eigenvalue weighted by Crippen LogP contribution is -2.30. The van der Waals surface area contributed by atoms with Gasteiger partial charge in [0.2, 0.25) is 0 Å². The van der Waals surface area contributed by atoms with Gasteiger partial charge in [0.25, 0.3) is 0 Å². The van der Waals surface area contributed by atoms with Crippen molar-refractivity contribution in [3.8, 4) is 11.5 Å². The Labute approximate surface area is 161 Å². The maximum atomic E-state index is 10.5. The van der Waals surface area contributed by atoms with Gasteiger partial charge >= 0.3 is 0 Å². The maximum Gasteiger partial charge on any atom is 0.120 e.